The number of rotatable bonds is 6. The van der Waals surface area contributed by atoms with Gasteiger partial charge in [-0.3, -0.25) is 4.90 Å². The molecule has 0 aliphatic rings. The number of nitrogens with zero attached hydrogens (tertiary/aromatic N) is 1. The minimum Gasteiger partial charge on any atom is -0.329 e. The molecule has 0 heterocycles. The summed E-state index contributed by atoms with van der Waals surface area (Å²) in [6.07, 6.45) is 1.21. The van der Waals surface area contributed by atoms with Crippen LogP contribution in [-0.2, 0) is 0 Å². The topological polar surface area (TPSA) is 29.3 Å². The lowest BCUT2D eigenvalue weighted by Crippen LogP contribution is -2.33. The second kappa shape index (κ2) is 7.14. The van der Waals surface area contributed by atoms with E-state index < -0.39 is 0 Å². The smallest absolute Gasteiger partial charge is 0.0467 e. The highest BCUT2D eigenvalue weighted by molar-refractivity contribution is 9.10. The molecule has 0 amide bonds. The van der Waals surface area contributed by atoms with E-state index in [2.05, 4.69) is 59.9 Å². The predicted octanol–water partition coefficient (Wildman–Crippen LogP) is 3.43. The van der Waals surface area contributed by atoms with Crippen molar-refractivity contribution in [3.05, 3.63) is 34.3 Å². The van der Waals surface area contributed by atoms with E-state index in [1.165, 1.54) is 12.0 Å². The molecular weight excluding hydrogens is 276 g/mol. The third-order valence-corrected chi connectivity index (χ3v) is 3.78. The first-order valence-corrected chi connectivity index (χ1v) is 7.03. The monoisotopic (exact) mass is 298 g/mol. The zero-order valence-corrected chi connectivity index (χ0v) is 12.6. The Hall–Kier alpha value is -0.380. The number of nitrogens with two attached hydrogens (primary N) is 1. The van der Waals surface area contributed by atoms with E-state index in [-0.39, 0.29) is 0 Å². The molecule has 0 radical (unpaired) electrons. The molecule has 0 aromatic heterocycles. The standard InChI is InChI=1S/C14H23BrN2/c1-4-11(2)10-17(3)14(9-16)12-6-5-7-13(15)8-12/h5-8,11,14H,4,9-10,16H2,1-3H3. The van der Waals surface area contributed by atoms with E-state index in [1.807, 2.05) is 6.07 Å². The van der Waals surface area contributed by atoms with Crippen molar-refractivity contribution in [2.45, 2.75) is 26.3 Å². The van der Waals surface area contributed by atoms with Crippen LogP contribution in [0.25, 0.3) is 0 Å². The summed E-state index contributed by atoms with van der Waals surface area (Å²) in [6, 6.07) is 8.73. The second-order valence-corrected chi connectivity index (χ2v) is 5.68. The molecule has 2 nitrogen and oxygen atoms in total. The van der Waals surface area contributed by atoms with Crippen LogP contribution in [0.1, 0.15) is 31.9 Å². The summed E-state index contributed by atoms with van der Waals surface area (Å²) in [5.74, 6) is 0.709. The van der Waals surface area contributed by atoms with Crippen molar-refractivity contribution in [2.75, 3.05) is 20.1 Å². The molecule has 0 saturated carbocycles. The molecule has 1 aromatic carbocycles. The van der Waals surface area contributed by atoms with Crippen molar-refractivity contribution in [1.29, 1.82) is 0 Å². The van der Waals surface area contributed by atoms with Gasteiger partial charge in [0.2, 0.25) is 0 Å². The molecular formula is C14H23BrN2. The van der Waals surface area contributed by atoms with Crippen LogP contribution in [0.15, 0.2) is 28.7 Å². The second-order valence-electron chi connectivity index (χ2n) is 4.76. The molecule has 17 heavy (non-hydrogen) atoms. The lowest BCUT2D eigenvalue weighted by atomic mass is 10.0. The van der Waals surface area contributed by atoms with Crippen LogP contribution in [-0.4, -0.2) is 25.0 Å². The summed E-state index contributed by atoms with van der Waals surface area (Å²) in [5, 5.41) is 0. The molecule has 0 fully saturated rings. The van der Waals surface area contributed by atoms with Crippen molar-refractivity contribution in [3.63, 3.8) is 0 Å². The van der Waals surface area contributed by atoms with Gasteiger partial charge in [0, 0.05) is 23.6 Å². The van der Waals surface area contributed by atoms with Crippen molar-refractivity contribution in [2.24, 2.45) is 11.7 Å². The maximum Gasteiger partial charge on any atom is 0.0467 e. The van der Waals surface area contributed by atoms with Crippen molar-refractivity contribution < 1.29 is 0 Å². The van der Waals surface area contributed by atoms with Gasteiger partial charge < -0.3 is 5.73 Å². The summed E-state index contributed by atoms with van der Waals surface area (Å²) in [7, 11) is 2.16. The Morgan fingerprint density at radius 1 is 1.41 bits per heavy atom. The third kappa shape index (κ3) is 4.41. The van der Waals surface area contributed by atoms with Crippen LogP contribution in [0.5, 0.6) is 0 Å². The van der Waals surface area contributed by atoms with Gasteiger partial charge in [-0.15, -0.1) is 0 Å². The Morgan fingerprint density at radius 2 is 2.12 bits per heavy atom. The molecule has 0 aliphatic carbocycles. The molecule has 0 spiro atoms. The SMILES string of the molecule is CCC(C)CN(C)C(CN)c1cccc(Br)c1. The van der Waals surface area contributed by atoms with Gasteiger partial charge in [0.25, 0.3) is 0 Å². The van der Waals surface area contributed by atoms with Gasteiger partial charge >= 0.3 is 0 Å². The van der Waals surface area contributed by atoms with Crippen LogP contribution in [0, 0.1) is 5.92 Å². The molecule has 1 aromatic rings. The van der Waals surface area contributed by atoms with Gasteiger partial charge in [-0.2, -0.15) is 0 Å². The Kier molecular flexibility index (Phi) is 6.17. The summed E-state index contributed by atoms with van der Waals surface area (Å²) in [6.45, 7) is 6.26. The predicted molar refractivity (Wildman–Crippen MR) is 78.0 cm³/mol. The Labute approximate surface area is 113 Å². The van der Waals surface area contributed by atoms with Gasteiger partial charge in [-0.1, -0.05) is 48.3 Å². The van der Waals surface area contributed by atoms with E-state index in [9.17, 15) is 0 Å². The quantitative estimate of drug-likeness (QED) is 0.872. The van der Waals surface area contributed by atoms with Crippen LogP contribution < -0.4 is 5.73 Å². The largest absolute Gasteiger partial charge is 0.329 e. The maximum absolute atomic E-state index is 5.92. The summed E-state index contributed by atoms with van der Waals surface area (Å²) in [4.78, 5) is 2.36. The van der Waals surface area contributed by atoms with Gasteiger partial charge in [0.15, 0.2) is 0 Å². The number of hydrogen-bond donors (Lipinski definition) is 1. The molecule has 2 unspecified atom stereocenters. The van der Waals surface area contributed by atoms with Gasteiger partial charge in [-0.05, 0) is 30.7 Å². The number of hydrogen-bond acceptors (Lipinski definition) is 2. The fourth-order valence-electron chi connectivity index (χ4n) is 2.03. The van der Waals surface area contributed by atoms with E-state index in [4.69, 9.17) is 5.73 Å². The number of benzene rings is 1. The van der Waals surface area contributed by atoms with E-state index in [0.29, 0.717) is 18.5 Å². The highest BCUT2D eigenvalue weighted by Gasteiger charge is 2.16. The van der Waals surface area contributed by atoms with Crippen molar-refractivity contribution in [1.82, 2.24) is 4.90 Å². The first-order chi connectivity index (χ1) is 8.08. The Morgan fingerprint density at radius 3 is 2.65 bits per heavy atom. The van der Waals surface area contributed by atoms with Crippen LogP contribution in [0.4, 0.5) is 0 Å². The first kappa shape index (κ1) is 14.7. The van der Waals surface area contributed by atoms with Crippen molar-refractivity contribution in [3.8, 4) is 0 Å². The molecule has 2 N–H and O–H groups in total. The summed E-state index contributed by atoms with van der Waals surface area (Å²) in [5.41, 5.74) is 7.20. The molecule has 3 heteroatoms. The number of halogens is 1. The fourth-order valence-corrected chi connectivity index (χ4v) is 2.45. The molecule has 0 aliphatic heterocycles. The summed E-state index contributed by atoms with van der Waals surface area (Å²) < 4.78 is 1.12. The highest BCUT2D eigenvalue weighted by atomic mass is 79.9. The normalized spacial score (nSPS) is 14.9. The van der Waals surface area contributed by atoms with Crippen LogP contribution in [0.3, 0.4) is 0 Å². The van der Waals surface area contributed by atoms with Crippen LogP contribution >= 0.6 is 15.9 Å². The molecule has 96 valence electrons. The van der Waals surface area contributed by atoms with Gasteiger partial charge in [0.1, 0.15) is 0 Å². The van der Waals surface area contributed by atoms with Gasteiger partial charge in [0.05, 0.1) is 0 Å². The summed E-state index contributed by atoms with van der Waals surface area (Å²) >= 11 is 3.51. The molecule has 2 atom stereocenters. The molecule has 0 saturated heterocycles. The maximum atomic E-state index is 5.92. The minimum absolute atomic E-state index is 0.307. The fraction of sp³-hybridized carbons (Fsp3) is 0.571. The zero-order chi connectivity index (χ0) is 12.8. The molecule has 0 bridgehead atoms. The van der Waals surface area contributed by atoms with E-state index in [0.717, 1.165) is 11.0 Å². The Bertz CT molecular complexity index is 341. The Balaban J connectivity index is 2.77. The average Bonchev–Trinajstić information content (AvgIpc) is 2.30. The lowest BCUT2D eigenvalue weighted by Gasteiger charge is -2.29. The first-order valence-electron chi connectivity index (χ1n) is 6.24. The van der Waals surface area contributed by atoms with Gasteiger partial charge in [-0.25, -0.2) is 0 Å². The third-order valence-electron chi connectivity index (χ3n) is 3.29. The van der Waals surface area contributed by atoms with E-state index >= 15 is 0 Å². The lowest BCUT2D eigenvalue weighted by molar-refractivity contribution is 0.215. The van der Waals surface area contributed by atoms with Crippen molar-refractivity contribution >= 4 is 15.9 Å². The number of likely N-dealkylation sites (N-methyl/N-ethyl adjacent to an activating group) is 1. The van der Waals surface area contributed by atoms with Crippen LogP contribution in [0.2, 0.25) is 0 Å². The minimum atomic E-state index is 0.307. The molecule has 1 rings (SSSR count). The highest BCUT2D eigenvalue weighted by Crippen LogP contribution is 2.22. The van der Waals surface area contributed by atoms with E-state index in [1.54, 1.807) is 0 Å². The average molecular weight is 299 g/mol. The zero-order valence-electron chi connectivity index (χ0n) is 11.0.